The third kappa shape index (κ3) is 5.36. The van der Waals surface area contributed by atoms with Crippen molar-refractivity contribution in [1.82, 2.24) is 0 Å². The van der Waals surface area contributed by atoms with E-state index >= 15 is 0 Å². The fraction of sp³-hybridized carbons (Fsp3) is 0.200. The lowest BCUT2D eigenvalue weighted by molar-refractivity contribution is -0.112. The topological polar surface area (TPSA) is 71.3 Å². The quantitative estimate of drug-likeness (QED) is 0.521. The van der Waals surface area contributed by atoms with Gasteiger partial charge in [-0.3, -0.25) is 4.79 Å². The molecule has 0 fully saturated rings. The predicted molar refractivity (Wildman–Crippen MR) is 105 cm³/mol. The van der Waals surface area contributed by atoms with E-state index in [0.717, 1.165) is 10.9 Å². The Kier molecular flexibility index (Phi) is 7.24. The normalized spacial score (nSPS) is 10.8. The molecule has 0 unspecified atom stereocenters. The van der Waals surface area contributed by atoms with Crippen LogP contribution in [-0.2, 0) is 4.79 Å². The van der Waals surface area contributed by atoms with Crippen LogP contribution in [0.2, 0.25) is 0 Å². The van der Waals surface area contributed by atoms with Crippen LogP contribution in [0.3, 0.4) is 0 Å². The van der Waals surface area contributed by atoms with Gasteiger partial charge in [0, 0.05) is 10.2 Å². The summed E-state index contributed by atoms with van der Waals surface area (Å²) in [5, 5.41) is 12.0. The van der Waals surface area contributed by atoms with Gasteiger partial charge in [0.05, 0.1) is 13.7 Å². The average Bonchev–Trinajstić information content (AvgIpc) is 2.66. The second-order valence-corrected chi connectivity index (χ2v) is 6.31. The van der Waals surface area contributed by atoms with Crippen LogP contribution in [-0.4, -0.2) is 19.6 Å². The Hall–Kier alpha value is -2.78. The fourth-order valence-corrected chi connectivity index (χ4v) is 2.42. The molecule has 134 valence electrons. The number of anilines is 1. The lowest BCUT2D eigenvalue weighted by Gasteiger charge is -2.10. The minimum Gasteiger partial charge on any atom is -0.493 e. The van der Waals surface area contributed by atoms with E-state index in [1.165, 1.54) is 6.08 Å². The van der Waals surface area contributed by atoms with Crippen molar-refractivity contribution in [2.45, 2.75) is 13.3 Å². The van der Waals surface area contributed by atoms with Gasteiger partial charge in [-0.25, -0.2) is 0 Å². The van der Waals surface area contributed by atoms with Gasteiger partial charge in [0.25, 0.3) is 5.91 Å². The zero-order valence-electron chi connectivity index (χ0n) is 14.6. The van der Waals surface area contributed by atoms with E-state index in [2.05, 4.69) is 21.2 Å². The van der Waals surface area contributed by atoms with Gasteiger partial charge in [-0.05, 0) is 54.5 Å². The van der Waals surface area contributed by atoms with E-state index < -0.39 is 5.91 Å². The number of nitriles is 1. The number of ether oxygens (including phenoxy) is 2. The Morgan fingerprint density at radius 2 is 1.96 bits per heavy atom. The highest BCUT2D eigenvalue weighted by atomic mass is 79.9. The van der Waals surface area contributed by atoms with Crippen LogP contribution in [0.5, 0.6) is 11.5 Å². The van der Waals surface area contributed by atoms with Crippen molar-refractivity contribution >= 4 is 33.6 Å². The summed E-state index contributed by atoms with van der Waals surface area (Å²) >= 11 is 3.33. The zero-order chi connectivity index (χ0) is 18.9. The van der Waals surface area contributed by atoms with Gasteiger partial charge in [-0.1, -0.05) is 28.9 Å². The molecule has 6 heteroatoms. The van der Waals surface area contributed by atoms with E-state index in [4.69, 9.17) is 9.47 Å². The van der Waals surface area contributed by atoms with Gasteiger partial charge in [0.15, 0.2) is 11.5 Å². The number of nitrogens with zero attached hydrogens (tertiary/aromatic N) is 1. The van der Waals surface area contributed by atoms with Gasteiger partial charge in [-0.15, -0.1) is 0 Å². The molecule has 2 aromatic rings. The maximum atomic E-state index is 12.3. The van der Waals surface area contributed by atoms with Crippen LogP contribution < -0.4 is 14.8 Å². The van der Waals surface area contributed by atoms with Crippen molar-refractivity contribution in [3.05, 3.63) is 58.1 Å². The molecule has 0 heterocycles. The van der Waals surface area contributed by atoms with Crippen LogP contribution in [0.15, 0.2) is 52.5 Å². The molecule has 0 saturated heterocycles. The number of amides is 1. The zero-order valence-corrected chi connectivity index (χ0v) is 16.2. The number of rotatable bonds is 7. The van der Waals surface area contributed by atoms with Crippen molar-refractivity contribution in [3.8, 4) is 17.6 Å². The summed E-state index contributed by atoms with van der Waals surface area (Å²) < 4.78 is 11.8. The van der Waals surface area contributed by atoms with Crippen molar-refractivity contribution in [3.63, 3.8) is 0 Å². The SMILES string of the molecule is CCCOc1ccc(/C=C(\C#N)C(=O)Nc2ccc(Br)cc2)cc1OC. The van der Waals surface area contributed by atoms with E-state index in [-0.39, 0.29) is 5.57 Å². The minimum atomic E-state index is -0.472. The minimum absolute atomic E-state index is 0.00259. The lowest BCUT2D eigenvalue weighted by Crippen LogP contribution is -2.13. The van der Waals surface area contributed by atoms with Crippen molar-refractivity contribution in [1.29, 1.82) is 5.26 Å². The summed E-state index contributed by atoms with van der Waals surface area (Å²) in [6.07, 6.45) is 2.40. The van der Waals surface area contributed by atoms with Gasteiger partial charge in [-0.2, -0.15) is 5.26 Å². The number of carbonyl (C=O) groups excluding carboxylic acids is 1. The summed E-state index contributed by atoms with van der Waals surface area (Å²) in [7, 11) is 1.55. The van der Waals surface area contributed by atoms with Gasteiger partial charge in [0.1, 0.15) is 11.6 Å². The number of hydrogen-bond acceptors (Lipinski definition) is 4. The predicted octanol–water partition coefficient (Wildman–Crippen LogP) is 4.79. The third-order valence-electron chi connectivity index (χ3n) is 3.43. The Balaban J connectivity index is 2.20. The molecule has 5 nitrogen and oxygen atoms in total. The Labute approximate surface area is 161 Å². The molecule has 0 saturated carbocycles. The van der Waals surface area contributed by atoms with Crippen LogP contribution in [0.1, 0.15) is 18.9 Å². The van der Waals surface area contributed by atoms with Crippen molar-refractivity contribution < 1.29 is 14.3 Å². The van der Waals surface area contributed by atoms with Gasteiger partial charge < -0.3 is 14.8 Å². The molecular weight excluding hydrogens is 396 g/mol. The highest BCUT2D eigenvalue weighted by Crippen LogP contribution is 2.29. The fourth-order valence-electron chi connectivity index (χ4n) is 2.15. The highest BCUT2D eigenvalue weighted by molar-refractivity contribution is 9.10. The monoisotopic (exact) mass is 414 g/mol. The first kappa shape index (κ1) is 19.5. The first-order valence-electron chi connectivity index (χ1n) is 8.07. The molecule has 2 aromatic carbocycles. The second-order valence-electron chi connectivity index (χ2n) is 5.39. The largest absolute Gasteiger partial charge is 0.493 e. The number of nitrogens with one attached hydrogen (secondary N) is 1. The van der Waals surface area contributed by atoms with Crippen LogP contribution in [0.4, 0.5) is 5.69 Å². The van der Waals surface area contributed by atoms with Crippen LogP contribution in [0.25, 0.3) is 6.08 Å². The summed E-state index contributed by atoms with van der Waals surface area (Å²) in [4.78, 5) is 12.3. The van der Waals surface area contributed by atoms with E-state index in [9.17, 15) is 10.1 Å². The molecule has 0 aliphatic rings. The molecule has 2 rings (SSSR count). The Morgan fingerprint density at radius 1 is 1.23 bits per heavy atom. The average molecular weight is 415 g/mol. The number of hydrogen-bond donors (Lipinski definition) is 1. The molecule has 1 N–H and O–H groups in total. The molecule has 0 aliphatic heterocycles. The third-order valence-corrected chi connectivity index (χ3v) is 3.96. The maximum Gasteiger partial charge on any atom is 0.266 e. The molecule has 0 aliphatic carbocycles. The number of benzene rings is 2. The van der Waals surface area contributed by atoms with Crippen molar-refractivity contribution in [2.24, 2.45) is 0 Å². The molecule has 0 spiro atoms. The second kappa shape index (κ2) is 9.64. The summed E-state index contributed by atoms with van der Waals surface area (Å²) in [6, 6.07) is 14.3. The van der Waals surface area contributed by atoms with Crippen LogP contribution >= 0.6 is 15.9 Å². The Bertz CT molecular complexity index is 839. The molecule has 26 heavy (non-hydrogen) atoms. The van der Waals surface area contributed by atoms with E-state index in [0.29, 0.717) is 29.4 Å². The number of halogens is 1. The molecule has 1 amide bonds. The standard InChI is InChI=1S/C20H19BrN2O3/c1-3-10-26-18-9-4-14(12-19(18)25-2)11-15(13-22)20(24)23-17-7-5-16(21)6-8-17/h4-9,11-12H,3,10H2,1-2H3,(H,23,24)/b15-11+. The van der Waals surface area contributed by atoms with Crippen molar-refractivity contribution in [2.75, 3.05) is 19.0 Å². The number of carbonyl (C=O) groups is 1. The van der Waals surface area contributed by atoms with E-state index in [1.54, 1.807) is 37.4 Å². The van der Waals surface area contributed by atoms with Gasteiger partial charge >= 0.3 is 0 Å². The molecule has 0 atom stereocenters. The molecule has 0 radical (unpaired) electrons. The summed E-state index contributed by atoms with van der Waals surface area (Å²) in [5.41, 5.74) is 1.28. The number of methoxy groups -OCH3 is 1. The Morgan fingerprint density at radius 3 is 2.58 bits per heavy atom. The first-order chi connectivity index (χ1) is 12.6. The molecule has 0 aromatic heterocycles. The highest BCUT2D eigenvalue weighted by Gasteiger charge is 2.11. The summed E-state index contributed by atoms with van der Waals surface area (Å²) in [5.74, 6) is 0.710. The van der Waals surface area contributed by atoms with Crippen LogP contribution in [0, 0.1) is 11.3 Å². The van der Waals surface area contributed by atoms with E-state index in [1.807, 2.05) is 25.1 Å². The molecule has 0 bridgehead atoms. The first-order valence-corrected chi connectivity index (χ1v) is 8.86. The maximum absolute atomic E-state index is 12.3. The summed E-state index contributed by atoms with van der Waals surface area (Å²) in [6.45, 7) is 2.61. The lowest BCUT2D eigenvalue weighted by atomic mass is 10.1. The molecular formula is C20H19BrN2O3. The smallest absolute Gasteiger partial charge is 0.266 e. The van der Waals surface area contributed by atoms with Gasteiger partial charge in [0.2, 0.25) is 0 Å².